The van der Waals surface area contributed by atoms with E-state index in [0.717, 1.165) is 5.75 Å². The first kappa shape index (κ1) is 11.6. The molecule has 80 valence electrons. The summed E-state index contributed by atoms with van der Waals surface area (Å²) in [4.78, 5) is 0. The van der Waals surface area contributed by atoms with E-state index >= 15 is 0 Å². The van der Waals surface area contributed by atoms with Crippen molar-refractivity contribution in [1.82, 2.24) is 0 Å². The number of unbranched alkanes of at least 4 members (excludes halogenated alkanes) is 1. The Balaban J connectivity index is 2.67. The molecule has 1 nitrogen and oxygen atoms in total. The molecular formula is C12H20OS. The summed E-state index contributed by atoms with van der Waals surface area (Å²) in [5, 5.41) is 4.34. The molecule has 0 fully saturated rings. The van der Waals surface area contributed by atoms with Gasteiger partial charge in [-0.3, -0.25) is 0 Å². The minimum absolute atomic E-state index is 0.691. The van der Waals surface area contributed by atoms with Crippen molar-refractivity contribution < 1.29 is 4.74 Å². The highest BCUT2D eigenvalue weighted by molar-refractivity contribution is 7.08. The highest BCUT2D eigenvalue weighted by Gasteiger charge is 2.14. The fraction of sp³-hybridized carbons (Fsp3) is 0.667. The van der Waals surface area contributed by atoms with E-state index in [1.807, 2.05) is 0 Å². The molecule has 0 saturated carbocycles. The standard InChI is InChI=1S/C12H20OS/c1-4-6-7-10(5-2)11-8-14-9-12(11)13-3/h8-10H,4-7H2,1-3H3. The fourth-order valence-electron chi connectivity index (χ4n) is 1.79. The summed E-state index contributed by atoms with van der Waals surface area (Å²) in [5.74, 6) is 1.77. The van der Waals surface area contributed by atoms with Crippen LogP contribution in [0.5, 0.6) is 5.75 Å². The van der Waals surface area contributed by atoms with Crippen LogP contribution in [0.1, 0.15) is 51.0 Å². The van der Waals surface area contributed by atoms with E-state index in [-0.39, 0.29) is 0 Å². The second-order valence-corrected chi connectivity index (χ2v) is 4.39. The Hall–Kier alpha value is -0.500. The second kappa shape index (κ2) is 6.07. The van der Waals surface area contributed by atoms with Crippen molar-refractivity contribution in [3.8, 4) is 5.75 Å². The average Bonchev–Trinajstić information content (AvgIpc) is 2.67. The SMILES string of the molecule is CCCCC(CC)c1cscc1OC. The zero-order valence-electron chi connectivity index (χ0n) is 9.38. The molecule has 0 aromatic carbocycles. The summed E-state index contributed by atoms with van der Waals surface area (Å²) >= 11 is 1.74. The van der Waals surface area contributed by atoms with Gasteiger partial charge in [-0.15, -0.1) is 11.3 Å². The normalized spacial score (nSPS) is 12.8. The molecule has 0 aliphatic heterocycles. The van der Waals surface area contributed by atoms with Crippen LogP contribution in [0.3, 0.4) is 0 Å². The first-order valence-corrected chi connectivity index (χ1v) is 6.37. The number of thiophene rings is 1. The quantitative estimate of drug-likeness (QED) is 0.677. The molecule has 1 unspecified atom stereocenters. The zero-order chi connectivity index (χ0) is 10.4. The first-order valence-electron chi connectivity index (χ1n) is 5.43. The maximum Gasteiger partial charge on any atom is 0.132 e. The molecule has 1 atom stereocenters. The van der Waals surface area contributed by atoms with Gasteiger partial charge in [0.05, 0.1) is 7.11 Å². The van der Waals surface area contributed by atoms with Crippen molar-refractivity contribution >= 4 is 11.3 Å². The molecule has 0 spiro atoms. The first-order chi connectivity index (χ1) is 6.83. The molecular weight excluding hydrogens is 192 g/mol. The predicted octanol–water partition coefficient (Wildman–Crippen LogP) is 4.44. The van der Waals surface area contributed by atoms with Crippen LogP contribution in [0.25, 0.3) is 0 Å². The molecule has 0 saturated heterocycles. The molecule has 1 rings (SSSR count). The van der Waals surface area contributed by atoms with Crippen molar-refractivity contribution in [1.29, 1.82) is 0 Å². The maximum absolute atomic E-state index is 5.36. The van der Waals surface area contributed by atoms with E-state index in [2.05, 4.69) is 24.6 Å². The van der Waals surface area contributed by atoms with Gasteiger partial charge in [-0.05, 0) is 24.1 Å². The van der Waals surface area contributed by atoms with Crippen LogP contribution in [-0.4, -0.2) is 7.11 Å². The van der Waals surface area contributed by atoms with E-state index in [0.29, 0.717) is 5.92 Å². The molecule has 1 aromatic heterocycles. The Morgan fingerprint density at radius 1 is 1.36 bits per heavy atom. The Bertz CT molecular complexity index is 255. The van der Waals surface area contributed by atoms with Gasteiger partial charge in [0.15, 0.2) is 0 Å². The maximum atomic E-state index is 5.36. The Labute approximate surface area is 91.1 Å². The van der Waals surface area contributed by atoms with Gasteiger partial charge in [-0.1, -0.05) is 26.7 Å². The average molecular weight is 212 g/mol. The van der Waals surface area contributed by atoms with Gasteiger partial charge in [0.2, 0.25) is 0 Å². The fourth-order valence-corrected chi connectivity index (χ4v) is 2.67. The third-order valence-electron chi connectivity index (χ3n) is 2.71. The van der Waals surface area contributed by atoms with Crippen molar-refractivity contribution in [2.45, 2.75) is 45.4 Å². The minimum atomic E-state index is 0.691. The third kappa shape index (κ3) is 2.74. The van der Waals surface area contributed by atoms with E-state index in [4.69, 9.17) is 4.74 Å². The van der Waals surface area contributed by atoms with Crippen molar-refractivity contribution in [3.05, 3.63) is 16.3 Å². The summed E-state index contributed by atoms with van der Waals surface area (Å²) in [5.41, 5.74) is 1.41. The number of methoxy groups -OCH3 is 1. The molecule has 14 heavy (non-hydrogen) atoms. The Morgan fingerprint density at radius 2 is 2.14 bits per heavy atom. The highest BCUT2D eigenvalue weighted by atomic mass is 32.1. The summed E-state index contributed by atoms with van der Waals surface area (Å²) < 4.78 is 5.36. The summed E-state index contributed by atoms with van der Waals surface area (Å²) in [7, 11) is 1.76. The Kier molecular flexibility index (Phi) is 5.02. The van der Waals surface area contributed by atoms with Gasteiger partial charge in [-0.2, -0.15) is 0 Å². The molecule has 0 amide bonds. The lowest BCUT2D eigenvalue weighted by molar-refractivity contribution is 0.404. The second-order valence-electron chi connectivity index (χ2n) is 3.64. The van der Waals surface area contributed by atoms with Crippen LogP contribution < -0.4 is 4.74 Å². The third-order valence-corrected chi connectivity index (χ3v) is 3.45. The minimum Gasteiger partial charge on any atom is -0.496 e. The van der Waals surface area contributed by atoms with Crippen LogP contribution in [0.4, 0.5) is 0 Å². The Morgan fingerprint density at radius 3 is 2.71 bits per heavy atom. The number of hydrogen-bond acceptors (Lipinski definition) is 2. The molecule has 1 heterocycles. The van der Waals surface area contributed by atoms with E-state index in [1.165, 1.54) is 31.2 Å². The van der Waals surface area contributed by atoms with Gasteiger partial charge < -0.3 is 4.74 Å². The van der Waals surface area contributed by atoms with Crippen molar-refractivity contribution in [2.75, 3.05) is 7.11 Å². The molecule has 1 aromatic rings. The largest absolute Gasteiger partial charge is 0.496 e. The van der Waals surface area contributed by atoms with Crippen molar-refractivity contribution in [2.24, 2.45) is 0 Å². The molecule has 0 bridgehead atoms. The van der Waals surface area contributed by atoms with Crippen LogP contribution in [0.15, 0.2) is 10.8 Å². The van der Waals surface area contributed by atoms with Crippen LogP contribution in [0.2, 0.25) is 0 Å². The smallest absolute Gasteiger partial charge is 0.132 e. The number of ether oxygens (including phenoxy) is 1. The van der Waals surface area contributed by atoms with Crippen LogP contribution in [0, 0.1) is 0 Å². The van der Waals surface area contributed by atoms with Gasteiger partial charge in [0, 0.05) is 10.9 Å². The highest BCUT2D eigenvalue weighted by Crippen LogP contribution is 2.35. The van der Waals surface area contributed by atoms with E-state index < -0.39 is 0 Å². The summed E-state index contributed by atoms with van der Waals surface area (Å²) in [6, 6.07) is 0. The van der Waals surface area contributed by atoms with Gasteiger partial charge >= 0.3 is 0 Å². The van der Waals surface area contributed by atoms with E-state index in [9.17, 15) is 0 Å². The molecule has 0 aliphatic carbocycles. The monoisotopic (exact) mass is 212 g/mol. The van der Waals surface area contributed by atoms with Crippen LogP contribution in [-0.2, 0) is 0 Å². The van der Waals surface area contributed by atoms with E-state index in [1.54, 1.807) is 18.4 Å². The molecule has 0 radical (unpaired) electrons. The lowest BCUT2D eigenvalue weighted by Crippen LogP contribution is -1.98. The topological polar surface area (TPSA) is 9.23 Å². The van der Waals surface area contributed by atoms with Crippen molar-refractivity contribution in [3.63, 3.8) is 0 Å². The number of rotatable bonds is 6. The summed E-state index contributed by atoms with van der Waals surface area (Å²) in [6.07, 6.45) is 5.10. The summed E-state index contributed by atoms with van der Waals surface area (Å²) in [6.45, 7) is 4.51. The molecule has 0 aliphatic rings. The molecule has 2 heteroatoms. The molecule has 0 N–H and O–H groups in total. The predicted molar refractivity (Wildman–Crippen MR) is 63.4 cm³/mol. The van der Waals surface area contributed by atoms with Gasteiger partial charge in [-0.25, -0.2) is 0 Å². The zero-order valence-corrected chi connectivity index (χ0v) is 10.2. The van der Waals surface area contributed by atoms with Gasteiger partial charge in [0.1, 0.15) is 5.75 Å². The lowest BCUT2D eigenvalue weighted by atomic mass is 9.93. The van der Waals surface area contributed by atoms with Crippen LogP contribution >= 0.6 is 11.3 Å². The van der Waals surface area contributed by atoms with Gasteiger partial charge in [0.25, 0.3) is 0 Å². The lowest BCUT2D eigenvalue weighted by Gasteiger charge is -2.14. The number of hydrogen-bond donors (Lipinski definition) is 0.